The maximum Gasteiger partial charge on any atom is 0.329 e. The summed E-state index contributed by atoms with van der Waals surface area (Å²) in [6, 6.07) is 6.89. The van der Waals surface area contributed by atoms with Crippen LogP contribution in [0.5, 0.6) is 0 Å². The Morgan fingerprint density at radius 2 is 1.73 bits per heavy atom. The van der Waals surface area contributed by atoms with E-state index in [1.165, 1.54) is 5.56 Å². The lowest BCUT2D eigenvalue weighted by Crippen LogP contribution is -2.52. The van der Waals surface area contributed by atoms with Crippen LogP contribution >= 0.6 is 0 Å². The van der Waals surface area contributed by atoms with E-state index in [9.17, 15) is 19.5 Å². The third-order valence-electron chi connectivity index (χ3n) is 8.90. The highest BCUT2D eigenvalue weighted by Gasteiger charge is 2.51. The summed E-state index contributed by atoms with van der Waals surface area (Å²) in [5.41, 5.74) is 3.54. The molecule has 1 saturated heterocycles. The van der Waals surface area contributed by atoms with E-state index in [1.54, 1.807) is 0 Å². The monoisotopic (exact) mass is 613 g/mol. The molecule has 1 fully saturated rings. The SMILES string of the molecule is CC[C@@]12C=C(C(=O)N[C@@H](CC(=O)O)C(=O)OCCOCCOCCOCCO)n3c4c(c5ccccc53)CCN(CCC1)[C@H]42. The minimum atomic E-state index is -1.36. The first-order valence-electron chi connectivity index (χ1n) is 15.5. The summed E-state index contributed by atoms with van der Waals surface area (Å²) in [5.74, 6) is -2.55. The van der Waals surface area contributed by atoms with Crippen molar-refractivity contribution in [1.82, 2.24) is 14.8 Å². The van der Waals surface area contributed by atoms with Crippen LogP contribution in [0.2, 0.25) is 0 Å². The molecule has 240 valence electrons. The fourth-order valence-corrected chi connectivity index (χ4v) is 6.95. The van der Waals surface area contributed by atoms with Crippen LogP contribution < -0.4 is 5.32 Å². The van der Waals surface area contributed by atoms with E-state index in [4.69, 9.17) is 24.1 Å². The molecular weight excluding hydrogens is 570 g/mol. The van der Waals surface area contributed by atoms with Crippen molar-refractivity contribution < 1.29 is 43.5 Å². The topological polar surface area (TPSA) is 149 Å². The smallest absolute Gasteiger partial charge is 0.329 e. The molecule has 0 aliphatic carbocycles. The van der Waals surface area contributed by atoms with Crippen LogP contribution in [0.15, 0.2) is 30.3 Å². The van der Waals surface area contributed by atoms with Gasteiger partial charge < -0.3 is 39.0 Å². The van der Waals surface area contributed by atoms with E-state index in [0.29, 0.717) is 25.5 Å². The molecule has 3 aliphatic rings. The van der Waals surface area contributed by atoms with E-state index in [0.717, 1.165) is 55.4 Å². The molecule has 0 saturated carbocycles. The number of carboxylic acids is 1. The van der Waals surface area contributed by atoms with Gasteiger partial charge in [-0.1, -0.05) is 25.1 Å². The molecule has 12 nitrogen and oxygen atoms in total. The zero-order chi connectivity index (χ0) is 31.1. The number of aliphatic hydroxyl groups is 1. The predicted octanol–water partition coefficient (Wildman–Crippen LogP) is 2.13. The van der Waals surface area contributed by atoms with E-state index in [2.05, 4.69) is 29.3 Å². The minimum absolute atomic E-state index is 0.0401. The molecule has 4 heterocycles. The van der Waals surface area contributed by atoms with Crippen molar-refractivity contribution in [3.05, 3.63) is 41.6 Å². The number of hydrogen-bond acceptors (Lipinski definition) is 9. The second kappa shape index (κ2) is 14.7. The number of piperidine rings is 1. The van der Waals surface area contributed by atoms with E-state index in [-0.39, 0.29) is 44.5 Å². The van der Waals surface area contributed by atoms with Gasteiger partial charge in [0.15, 0.2) is 0 Å². The van der Waals surface area contributed by atoms with Gasteiger partial charge in [0, 0.05) is 23.0 Å². The van der Waals surface area contributed by atoms with Gasteiger partial charge in [-0.3, -0.25) is 14.5 Å². The van der Waals surface area contributed by atoms with Crippen molar-refractivity contribution >= 4 is 34.4 Å². The van der Waals surface area contributed by atoms with Crippen molar-refractivity contribution in [1.29, 1.82) is 0 Å². The lowest BCUT2D eigenvalue weighted by Gasteiger charge is -2.53. The summed E-state index contributed by atoms with van der Waals surface area (Å²) < 4.78 is 23.2. The molecule has 0 spiro atoms. The van der Waals surface area contributed by atoms with Gasteiger partial charge in [-0.15, -0.1) is 0 Å². The third kappa shape index (κ3) is 6.69. The van der Waals surface area contributed by atoms with Crippen LogP contribution in [0.4, 0.5) is 0 Å². The summed E-state index contributed by atoms with van der Waals surface area (Å²) in [6.07, 6.45) is 5.21. The Labute approximate surface area is 256 Å². The molecule has 1 aromatic carbocycles. The van der Waals surface area contributed by atoms with Crippen molar-refractivity contribution in [2.24, 2.45) is 5.41 Å². The molecule has 0 unspecified atom stereocenters. The maximum absolute atomic E-state index is 14.0. The number of nitrogens with zero attached hydrogens (tertiary/aromatic N) is 2. The van der Waals surface area contributed by atoms with Crippen LogP contribution in [0.25, 0.3) is 16.6 Å². The van der Waals surface area contributed by atoms with E-state index >= 15 is 0 Å². The normalized spacial score (nSPS) is 21.4. The van der Waals surface area contributed by atoms with Crippen molar-refractivity contribution in [2.45, 2.75) is 51.1 Å². The third-order valence-corrected chi connectivity index (χ3v) is 8.90. The number of aromatic nitrogens is 1. The second-order valence-electron chi connectivity index (χ2n) is 11.5. The summed E-state index contributed by atoms with van der Waals surface area (Å²) in [4.78, 5) is 41.2. The van der Waals surface area contributed by atoms with Gasteiger partial charge in [0.05, 0.1) is 64.2 Å². The lowest BCUT2D eigenvalue weighted by atomic mass is 9.66. The Balaban J connectivity index is 1.27. The molecule has 5 rings (SSSR count). The number of carbonyl (C=O) groups is 3. The van der Waals surface area contributed by atoms with Crippen molar-refractivity contribution in [3.63, 3.8) is 0 Å². The molecule has 3 atom stereocenters. The standard InChI is InChI=1S/C32H43N3O9/c1-2-32-9-5-10-34-11-8-23-22-6-3-4-7-25(22)35(28(23)29(32)34)26(21-32)30(39)33-24(20-27(37)38)31(40)44-19-18-43-17-16-42-15-14-41-13-12-36/h3-4,6-7,21,24,29,36H,2,5,8-20H2,1H3,(H,33,39)(H,37,38)/t24-,29+,32-/m0/s1. The number of carbonyl (C=O) groups excluding carboxylic acids is 2. The highest BCUT2D eigenvalue weighted by molar-refractivity contribution is 6.17. The van der Waals surface area contributed by atoms with Crippen LogP contribution in [-0.4, -0.2) is 110 Å². The van der Waals surface area contributed by atoms with Crippen molar-refractivity contribution in [2.75, 3.05) is 65.9 Å². The maximum atomic E-state index is 14.0. The number of aliphatic hydroxyl groups excluding tert-OH is 1. The van der Waals surface area contributed by atoms with Crippen LogP contribution in [-0.2, 0) is 39.8 Å². The highest BCUT2D eigenvalue weighted by atomic mass is 16.6. The number of hydrogen-bond donors (Lipinski definition) is 3. The molecule has 44 heavy (non-hydrogen) atoms. The molecule has 2 aromatic rings. The molecular formula is C32H43N3O9. The number of nitrogens with one attached hydrogen (secondary N) is 1. The highest BCUT2D eigenvalue weighted by Crippen LogP contribution is 2.56. The fourth-order valence-electron chi connectivity index (χ4n) is 6.95. The van der Waals surface area contributed by atoms with Gasteiger partial charge in [-0.25, -0.2) is 4.79 Å². The number of para-hydroxylation sites is 1. The summed E-state index contributed by atoms with van der Waals surface area (Å²) in [5, 5.41) is 22.0. The Bertz CT molecular complexity index is 1370. The first-order valence-corrected chi connectivity index (χ1v) is 15.5. The molecule has 3 aliphatic heterocycles. The van der Waals surface area contributed by atoms with E-state index < -0.39 is 30.3 Å². The molecule has 3 N–H and O–H groups in total. The van der Waals surface area contributed by atoms with Gasteiger partial charge >= 0.3 is 11.9 Å². The number of fused-ring (bicyclic) bond motifs is 3. The van der Waals surface area contributed by atoms with Gasteiger partial charge in [-0.05, 0) is 49.9 Å². The Hall–Kier alpha value is -3.29. The average Bonchev–Trinajstić information content (AvgIpc) is 3.37. The first-order chi connectivity index (χ1) is 21.4. The van der Waals surface area contributed by atoms with E-state index in [1.807, 2.05) is 22.8 Å². The molecule has 0 bridgehead atoms. The lowest BCUT2D eigenvalue weighted by molar-refractivity contribution is -0.152. The van der Waals surface area contributed by atoms with Gasteiger partial charge in [0.2, 0.25) is 0 Å². The van der Waals surface area contributed by atoms with Crippen LogP contribution in [0.3, 0.4) is 0 Å². The fraction of sp³-hybridized carbons (Fsp3) is 0.594. The van der Waals surface area contributed by atoms with Crippen LogP contribution in [0.1, 0.15) is 49.9 Å². The van der Waals surface area contributed by atoms with Gasteiger partial charge in [0.25, 0.3) is 5.91 Å². The number of aliphatic carboxylic acids is 1. The van der Waals surface area contributed by atoms with Crippen LogP contribution in [0, 0.1) is 5.41 Å². The zero-order valence-electron chi connectivity index (χ0n) is 25.3. The number of rotatable bonds is 17. The summed E-state index contributed by atoms with van der Waals surface area (Å²) >= 11 is 0. The number of carboxylic acid groups (broad SMARTS) is 1. The van der Waals surface area contributed by atoms with Gasteiger partial charge in [-0.2, -0.15) is 0 Å². The second-order valence-corrected chi connectivity index (χ2v) is 11.5. The van der Waals surface area contributed by atoms with Crippen molar-refractivity contribution in [3.8, 4) is 0 Å². The first kappa shape index (κ1) is 32.1. The summed E-state index contributed by atoms with van der Waals surface area (Å²) in [7, 11) is 0. The Morgan fingerprint density at radius 3 is 2.43 bits per heavy atom. The minimum Gasteiger partial charge on any atom is -0.481 e. The molecule has 1 aromatic heterocycles. The quantitative estimate of drug-likeness (QED) is 0.179. The Morgan fingerprint density at radius 1 is 1.02 bits per heavy atom. The predicted molar refractivity (Wildman–Crippen MR) is 161 cm³/mol. The largest absolute Gasteiger partial charge is 0.481 e. The average molecular weight is 614 g/mol. The molecule has 0 radical (unpaired) electrons. The zero-order valence-corrected chi connectivity index (χ0v) is 25.3. The summed E-state index contributed by atoms with van der Waals surface area (Å²) in [6.45, 7) is 5.70. The van der Waals surface area contributed by atoms with Gasteiger partial charge in [0.1, 0.15) is 18.3 Å². The number of amides is 1. The number of benzene rings is 1. The molecule has 1 amide bonds. The Kier molecular flexibility index (Phi) is 10.7. The molecule has 12 heteroatoms. The number of ether oxygens (including phenoxy) is 4. The number of esters is 1.